The lowest BCUT2D eigenvalue weighted by atomic mass is 9.79. The van der Waals surface area contributed by atoms with Gasteiger partial charge in [-0.05, 0) is 18.4 Å². The van der Waals surface area contributed by atoms with Crippen molar-refractivity contribution in [2.45, 2.75) is 43.2 Å². The van der Waals surface area contributed by atoms with Crippen LogP contribution in [0.15, 0.2) is 46.5 Å². The van der Waals surface area contributed by atoms with Crippen LogP contribution in [-0.4, -0.2) is 43.0 Å². The lowest BCUT2D eigenvalue weighted by Gasteiger charge is -2.26. The van der Waals surface area contributed by atoms with Gasteiger partial charge in [-0.15, -0.1) is 0 Å². The predicted molar refractivity (Wildman–Crippen MR) is 98.1 cm³/mol. The average Bonchev–Trinajstić information content (AvgIpc) is 3.01. The number of esters is 2. The molecule has 1 N–H and O–H groups in total. The van der Waals surface area contributed by atoms with Crippen LogP contribution in [0.3, 0.4) is 0 Å². The lowest BCUT2D eigenvalue weighted by Crippen LogP contribution is -2.29. The Morgan fingerprint density at radius 3 is 2.22 bits per heavy atom. The number of carbonyl (C=O) groups is 2. The zero-order chi connectivity index (χ0) is 19.3. The summed E-state index contributed by atoms with van der Waals surface area (Å²) in [5.41, 5.74) is -2.31. The number of carbonyl (C=O) groups excluding carboxylic acids is 2. The van der Waals surface area contributed by atoms with Crippen molar-refractivity contribution in [3.05, 3.63) is 47.0 Å². The van der Waals surface area contributed by atoms with E-state index in [-0.39, 0.29) is 11.1 Å². The highest BCUT2D eigenvalue weighted by Gasteiger charge is 2.90. The second kappa shape index (κ2) is 6.02. The topological polar surface area (TPSA) is 85.2 Å². The highest BCUT2D eigenvalue weighted by atomic mass is 16.5. The number of hydrogen-bond acceptors (Lipinski definition) is 6. The van der Waals surface area contributed by atoms with Crippen molar-refractivity contribution >= 4 is 18.2 Å². The summed E-state index contributed by atoms with van der Waals surface area (Å²) in [4.78, 5) is 29.7. The largest absolute Gasteiger partial charge is 0.466 e. The number of aliphatic imine (C=N–C) groups is 1. The molecule has 2 atom stereocenters. The third kappa shape index (κ3) is 1.96. The summed E-state index contributed by atoms with van der Waals surface area (Å²) < 4.78 is 9.85. The Morgan fingerprint density at radius 2 is 1.63 bits per heavy atom. The fourth-order valence-corrected chi connectivity index (χ4v) is 5.44. The summed E-state index contributed by atoms with van der Waals surface area (Å²) in [6.45, 7) is 0. The zero-order valence-corrected chi connectivity index (χ0v) is 15.5. The van der Waals surface area contributed by atoms with Gasteiger partial charge in [0.2, 0.25) is 0 Å². The van der Waals surface area contributed by atoms with Crippen LogP contribution < -0.4 is 0 Å². The van der Waals surface area contributed by atoms with Gasteiger partial charge in [-0.2, -0.15) is 0 Å². The molecule has 4 rings (SSSR count). The number of aliphatic hydroxyl groups is 1. The summed E-state index contributed by atoms with van der Waals surface area (Å²) >= 11 is 0. The first-order valence-electron chi connectivity index (χ1n) is 9.24. The maximum atomic E-state index is 12.8. The van der Waals surface area contributed by atoms with E-state index in [1.165, 1.54) is 20.4 Å². The molecule has 2 saturated carbocycles. The highest BCUT2D eigenvalue weighted by Crippen LogP contribution is 2.81. The van der Waals surface area contributed by atoms with Gasteiger partial charge in [0.1, 0.15) is 11.1 Å². The molecule has 1 aromatic carbocycles. The molecule has 6 heteroatoms. The predicted octanol–water partition coefficient (Wildman–Crippen LogP) is 2.30. The molecule has 0 radical (unpaired) electrons. The van der Waals surface area contributed by atoms with E-state index >= 15 is 0 Å². The van der Waals surface area contributed by atoms with Gasteiger partial charge in [-0.1, -0.05) is 49.6 Å². The van der Waals surface area contributed by atoms with Crippen LogP contribution >= 0.6 is 0 Å². The molecular formula is C21H23NO5. The quantitative estimate of drug-likeness (QED) is 0.827. The molecular weight excluding hydrogens is 346 g/mol. The van der Waals surface area contributed by atoms with Gasteiger partial charge in [0.25, 0.3) is 0 Å². The lowest BCUT2D eigenvalue weighted by molar-refractivity contribution is -0.139. The van der Waals surface area contributed by atoms with Crippen molar-refractivity contribution in [1.29, 1.82) is 0 Å². The number of ether oxygens (including phenoxy) is 2. The Kier molecular flexibility index (Phi) is 4.00. The van der Waals surface area contributed by atoms with Gasteiger partial charge in [-0.25, -0.2) is 9.59 Å². The van der Waals surface area contributed by atoms with Crippen molar-refractivity contribution in [3.63, 3.8) is 0 Å². The third-order valence-corrected chi connectivity index (χ3v) is 6.56. The van der Waals surface area contributed by atoms with E-state index in [4.69, 9.17) is 9.47 Å². The smallest absolute Gasteiger partial charge is 0.340 e. The maximum Gasteiger partial charge on any atom is 0.340 e. The van der Waals surface area contributed by atoms with Gasteiger partial charge >= 0.3 is 11.9 Å². The SMILES string of the molecule is COC(=O)C1=C(C(=O)OC)C2(N=C1)C1(CCCCC1)C2(O)c1ccccc1. The number of nitrogens with zero attached hydrogens (tertiary/aromatic N) is 1. The fraction of sp³-hybridized carbons (Fsp3) is 0.476. The Labute approximate surface area is 157 Å². The Balaban J connectivity index is 1.96. The normalized spacial score (nSPS) is 30.6. The van der Waals surface area contributed by atoms with Crippen LogP contribution in [0.2, 0.25) is 0 Å². The van der Waals surface area contributed by atoms with Crippen LogP contribution in [-0.2, 0) is 24.7 Å². The third-order valence-electron chi connectivity index (χ3n) is 6.56. The number of benzene rings is 1. The van der Waals surface area contributed by atoms with Gasteiger partial charge in [0, 0.05) is 11.6 Å². The van der Waals surface area contributed by atoms with Gasteiger partial charge in [0.15, 0.2) is 0 Å². The molecule has 1 heterocycles. The monoisotopic (exact) mass is 369 g/mol. The van der Waals surface area contributed by atoms with Crippen LogP contribution in [0.4, 0.5) is 0 Å². The molecule has 142 valence electrons. The molecule has 0 saturated heterocycles. The Morgan fingerprint density at radius 1 is 1.00 bits per heavy atom. The van der Waals surface area contributed by atoms with Crippen molar-refractivity contribution in [3.8, 4) is 0 Å². The van der Waals surface area contributed by atoms with Crippen molar-refractivity contribution in [2.75, 3.05) is 14.2 Å². The molecule has 1 aromatic rings. The maximum absolute atomic E-state index is 12.8. The Hall–Kier alpha value is -2.47. The minimum atomic E-state index is -1.36. The minimum absolute atomic E-state index is 0.0705. The fourth-order valence-electron chi connectivity index (χ4n) is 5.44. The summed E-state index contributed by atoms with van der Waals surface area (Å²) in [5.74, 6) is -1.30. The summed E-state index contributed by atoms with van der Waals surface area (Å²) in [6.07, 6.45) is 5.78. The standard InChI is InChI=1S/C21H23NO5/c1-26-17(23)15-13-22-20(16(15)18(24)27-2)19(11-7-4-8-12-19)21(20,25)14-9-5-3-6-10-14/h3,5-6,9-10,13,25H,4,7-8,11-12H2,1-2H3. The van der Waals surface area contributed by atoms with E-state index in [9.17, 15) is 14.7 Å². The molecule has 0 bridgehead atoms. The van der Waals surface area contributed by atoms with E-state index in [0.29, 0.717) is 5.56 Å². The summed E-state index contributed by atoms with van der Waals surface area (Å²) in [6, 6.07) is 9.30. The second-order valence-corrected chi connectivity index (χ2v) is 7.46. The van der Waals surface area contributed by atoms with Crippen LogP contribution in [0.5, 0.6) is 0 Å². The molecule has 0 aromatic heterocycles. The highest BCUT2D eigenvalue weighted by molar-refractivity contribution is 6.19. The molecule has 3 aliphatic rings. The minimum Gasteiger partial charge on any atom is -0.466 e. The van der Waals surface area contributed by atoms with E-state index in [1.807, 2.05) is 30.3 Å². The van der Waals surface area contributed by atoms with E-state index in [2.05, 4.69) is 4.99 Å². The van der Waals surface area contributed by atoms with Gasteiger partial charge < -0.3 is 14.6 Å². The second-order valence-electron chi connectivity index (χ2n) is 7.46. The van der Waals surface area contributed by atoms with Gasteiger partial charge in [0.05, 0.1) is 25.4 Å². The van der Waals surface area contributed by atoms with Crippen molar-refractivity contribution in [2.24, 2.45) is 10.4 Å². The molecule has 6 nitrogen and oxygen atoms in total. The number of hydrogen-bond donors (Lipinski definition) is 1. The zero-order valence-electron chi connectivity index (χ0n) is 15.5. The van der Waals surface area contributed by atoms with E-state index in [1.54, 1.807) is 0 Å². The molecule has 2 aliphatic carbocycles. The van der Waals surface area contributed by atoms with Crippen LogP contribution in [0.25, 0.3) is 0 Å². The Bertz CT molecular complexity index is 853. The van der Waals surface area contributed by atoms with E-state index in [0.717, 1.165) is 32.1 Å². The van der Waals surface area contributed by atoms with E-state index < -0.39 is 28.5 Å². The summed E-state index contributed by atoms with van der Waals surface area (Å²) in [7, 11) is 2.53. The van der Waals surface area contributed by atoms with Gasteiger partial charge in [-0.3, -0.25) is 4.99 Å². The van der Waals surface area contributed by atoms with Crippen LogP contribution in [0.1, 0.15) is 37.7 Å². The average molecular weight is 369 g/mol. The summed E-state index contributed by atoms with van der Waals surface area (Å²) in [5, 5.41) is 12.0. The first kappa shape index (κ1) is 17.9. The molecule has 27 heavy (non-hydrogen) atoms. The molecule has 2 fully saturated rings. The first-order chi connectivity index (χ1) is 13.0. The number of fused-ring (bicyclic) bond motifs is 1. The van der Waals surface area contributed by atoms with Crippen LogP contribution in [0, 0.1) is 5.41 Å². The molecule has 1 aliphatic heterocycles. The number of methoxy groups -OCH3 is 2. The first-order valence-corrected chi connectivity index (χ1v) is 9.24. The molecule has 2 unspecified atom stereocenters. The molecule has 2 spiro atoms. The molecule has 0 amide bonds. The number of rotatable bonds is 3. The van der Waals surface area contributed by atoms with Crippen molar-refractivity contribution < 1.29 is 24.2 Å². The van der Waals surface area contributed by atoms with Crippen molar-refractivity contribution in [1.82, 2.24) is 0 Å².